The van der Waals surface area contributed by atoms with Crippen LogP contribution in [0.2, 0.25) is 0 Å². The van der Waals surface area contributed by atoms with Crippen molar-refractivity contribution >= 4 is 44.2 Å². The van der Waals surface area contributed by atoms with E-state index in [1.165, 1.54) is 5.06 Å². The van der Waals surface area contributed by atoms with Crippen LogP contribution in [0.5, 0.6) is 11.5 Å². The minimum atomic E-state index is -0.637. The van der Waals surface area contributed by atoms with Crippen LogP contribution in [-0.2, 0) is 0 Å². The number of hydrogen-bond acceptors (Lipinski definition) is 6. The van der Waals surface area contributed by atoms with Gasteiger partial charge in [-0.2, -0.15) is 0 Å². The van der Waals surface area contributed by atoms with E-state index in [0.717, 1.165) is 53.9 Å². The average molecular weight is 534 g/mol. The number of ether oxygens (including phenoxy) is 2. The number of rotatable bonds is 4. The van der Waals surface area contributed by atoms with Crippen molar-refractivity contribution < 1.29 is 14.7 Å². The number of benzene rings is 4. The summed E-state index contributed by atoms with van der Waals surface area (Å²) < 4.78 is 13.2. The first-order chi connectivity index (χ1) is 18.8. The Balaban J connectivity index is 1.27. The Morgan fingerprint density at radius 3 is 1.47 bits per heavy atom. The molecule has 186 valence electrons. The van der Waals surface area contributed by atoms with Gasteiger partial charge < -0.3 is 14.7 Å². The highest BCUT2D eigenvalue weighted by molar-refractivity contribution is 7.10. The largest absolute Gasteiger partial charge is 0.471 e. The number of fused-ring (bicyclic) bond motifs is 6. The third-order valence-electron chi connectivity index (χ3n) is 7.77. The van der Waals surface area contributed by atoms with E-state index >= 15 is 0 Å². The second-order valence-electron chi connectivity index (χ2n) is 9.78. The lowest BCUT2D eigenvalue weighted by molar-refractivity contribution is -0.250. The minimum absolute atomic E-state index is 0.158. The van der Waals surface area contributed by atoms with Crippen molar-refractivity contribution in [2.75, 3.05) is 0 Å². The third kappa shape index (κ3) is 3.28. The molecule has 0 bridgehead atoms. The van der Waals surface area contributed by atoms with Crippen LogP contribution in [0.15, 0.2) is 108 Å². The summed E-state index contributed by atoms with van der Waals surface area (Å²) in [5.41, 5.74) is 2.23. The van der Waals surface area contributed by atoms with E-state index in [9.17, 15) is 5.21 Å². The molecule has 8 rings (SSSR count). The molecule has 0 amide bonds. The molecular weight excluding hydrogens is 510 g/mol. The van der Waals surface area contributed by atoms with Gasteiger partial charge in [-0.25, -0.2) is 0 Å². The van der Waals surface area contributed by atoms with Gasteiger partial charge in [-0.1, -0.05) is 72.8 Å². The summed E-state index contributed by atoms with van der Waals surface area (Å²) in [6.07, 6.45) is -1.27. The number of nitrogens with zero attached hydrogens (tertiary/aromatic N) is 1. The minimum Gasteiger partial charge on any atom is -0.471 e. The molecule has 2 aliphatic rings. The topological polar surface area (TPSA) is 41.9 Å². The summed E-state index contributed by atoms with van der Waals surface area (Å²) in [6.45, 7) is 0. The SMILES string of the molecule is ON([C@H]1Oc2ccc3ccccc3c2[C@@H]1c1cccs1)[C@H]1Oc2ccc3ccccc3c2[C@@H]1c1cccs1. The van der Waals surface area contributed by atoms with Crippen LogP contribution in [0.4, 0.5) is 0 Å². The van der Waals surface area contributed by atoms with Crippen molar-refractivity contribution in [1.29, 1.82) is 0 Å². The van der Waals surface area contributed by atoms with E-state index in [1.807, 2.05) is 12.1 Å². The van der Waals surface area contributed by atoms with Gasteiger partial charge in [0.2, 0.25) is 0 Å². The van der Waals surface area contributed by atoms with Gasteiger partial charge in [0, 0.05) is 20.9 Å². The summed E-state index contributed by atoms with van der Waals surface area (Å²) in [5.74, 6) is 1.29. The Morgan fingerprint density at radius 1 is 0.553 bits per heavy atom. The fraction of sp³-hybridized carbons (Fsp3) is 0.125. The van der Waals surface area contributed by atoms with Crippen molar-refractivity contribution in [2.45, 2.75) is 24.3 Å². The monoisotopic (exact) mass is 533 g/mol. The quantitative estimate of drug-likeness (QED) is 0.232. The third-order valence-corrected chi connectivity index (χ3v) is 9.68. The molecular formula is C32H23NO3S2. The van der Waals surface area contributed by atoms with Gasteiger partial charge >= 0.3 is 0 Å². The molecule has 38 heavy (non-hydrogen) atoms. The van der Waals surface area contributed by atoms with Crippen LogP contribution in [0, 0.1) is 0 Å². The van der Waals surface area contributed by atoms with Crippen molar-refractivity contribution in [2.24, 2.45) is 0 Å². The zero-order valence-corrected chi connectivity index (χ0v) is 21.9. The lowest BCUT2D eigenvalue weighted by atomic mass is 9.90. The van der Waals surface area contributed by atoms with Crippen LogP contribution in [0.3, 0.4) is 0 Å². The maximum absolute atomic E-state index is 12.1. The van der Waals surface area contributed by atoms with Gasteiger partial charge in [0.05, 0.1) is 11.8 Å². The number of thiophene rings is 2. The fourth-order valence-electron chi connectivity index (χ4n) is 6.14. The first-order valence-corrected chi connectivity index (χ1v) is 14.4. The van der Waals surface area contributed by atoms with Crippen molar-refractivity contribution in [3.63, 3.8) is 0 Å². The van der Waals surface area contributed by atoms with Crippen molar-refractivity contribution in [3.05, 3.63) is 129 Å². The Labute approximate surface area is 227 Å². The molecule has 1 N–H and O–H groups in total. The van der Waals surface area contributed by atoms with Gasteiger partial charge in [0.15, 0.2) is 12.5 Å². The van der Waals surface area contributed by atoms with Crippen molar-refractivity contribution in [3.8, 4) is 11.5 Å². The van der Waals surface area contributed by atoms with Crippen LogP contribution < -0.4 is 9.47 Å². The second-order valence-corrected chi connectivity index (χ2v) is 11.7. The second kappa shape index (κ2) is 8.68. The van der Waals surface area contributed by atoms with E-state index in [1.54, 1.807) is 22.7 Å². The molecule has 6 aromatic rings. The predicted octanol–water partition coefficient (Wildman–Crippen LogP) is 8.21. The molecule has 4 heterocycles. The summed E-state index contributed by atoms with van der Waals surface area (Å²) in [6, 6.07) is 33.4. The Hall–Kier alpha value is -3.68. The summed E-state index contributed by atoms with van der Waals surface area (Å²) >= 11 is 3.37. The molecule has 0 fully saturated rings. The standard InChI is InChI=1S/C32H23NO3S2/c34-33(31-29(25-11-5-17-37-25)27-21-9-3-1-7-19(21)13-15-23(27)35-31)32-30(26-12-6-18-38-26)28-22-10-4-2-8-20(22)14-16-24(28)36-32/h1-18,29-32,34H/t29-,30-,31-,32-/m0/s1. The fourth-order valence-corrected chi connectivity index (χ4v) is 7.84. The smallest absolute Gasteiger partial charge is 0.189 e. The van der Waals surface area contributed by atoms with Gasteiger partial charge in [-0.3, -0.25) is 0 Å². The van der Waals surface area contributed by atoms with E-state index in [4.69, 9.17) is 9.47 Å². The summed E-state index contributed by atoms with van der Waals surface area (Å²) in [7, 11) is 0. The molecule has 6 heteroatoms. The van der Waals surface area contributed by atoms with Crippen LogP contribution in [-0.4, -0.2) is 22.7 Å². The van der Waals surface area contributed by atoms with Crippen LogP contribution >= 0.6 is 22.7 Å². The summed E-state index contributed by atoms with van der Waals surface area (Å²) in [5, 5.41) is 22.2. The van der Waals surface area contributed by atoms with Gasteiger partial charge in [-0.05, 0) is 56.6 Å². The molecule has 0 saturated carbocycles. The lowest BCUT2D eigenvalue weighted by Gasteiger charge is -2.33. The van der Waals surface area contributed by atoms with Gasteiger partial charge in [0.1, 0.15) is 11.5 Å². The van der Waals surface area contributed by atoms with E-state index in [0.29, 0.717) is 0 Å². The average Bonchev–Trinajstić information content (AvgIpc) is 3.77. The molecule has 4 nitrogen and oxygen atoms in total. The molecule has 0 aliphatic carbocycles. The lowest BCUT2D eigenvalue weighted by Crippen LogP contribution is -2.48. The van der Waals surface area contributed by atoms with Gasteiger partial charge in [-0.15, -0.1) is 27.7 Å². The normalized spacial score (nSPS) is 21.9. The van der Waals surface area contributed by atoms with E-state index in [-0.39, 0.29) is 11.8 Å². The molecule has 2 aromatic heterocycles. The number of hydrogen-bond donors (Lipinski definition) is 1. The summed E-state index contributed by atoms with van der Waals surface area (Å²) in [4.78, 5) is 2.30. The highest BCUT2D eigenvalue weighted by Crippen LogP contribution is 2.52. The maximum atomic E-state index is 12.1. The maximum Gasteiger partial charge on any atom is 0.189 e. The zero-order chi connectivity index (χ0) is 25.2. The zero-order valence-electron chi connectivity index (χ0n) is 20.2. The molecule has 4 aromatic carbocycles. The highest BCUT2D eigenvalue weighted by atomic mass is 32.1. The predicted molar refractivity (Wildman–Crippen MR) is 153 cm³/mol. The molecule has 0 unspecified atom stereocenters. The molecule has 0 spiro atoms. The first-order valence-electron chi connectivity index (χ1n) is 12.7. The first kappa shape index (κ1) is 22.3. The molecule has 4 atom stereocenters. The molecule has 2 aliphatic heterocycles. The highest BCUT2D eigenvalue weighted by Gasteiger charge is 2.49. The van der Waals surface area contributed by atoms with E-state index < -0.39 is 12.5 Å². The Bertz CT molecular complexity index is 1650. The Kier molecular flexibility index (Phi) is 5.10. The van der Waals surface area contributed by atoms with Crippen molar-refractivity contribution in [1.82, 2.24) is 5.06 Å². The molecule has 0 saturated heterocycles. The number of hydroxylamine groups is 2. The molecule has 0 radical (unpaired) electrons. The van der Waals surface area contributed by atoms with E-state index in [2.05, 4.69) is 95.7 Å². The Morgan fingerprint density at radius 2 is 1.03 bits per heavy atom. The van der Waals surface area contributed by atoms with Crippen LogP contribution in [0.25, 0.3) is 21.5 Å². The van der Waals surface area contributed by atoms with Crippen LogP contribution in [0.1, 0.15) is 32.7 Å². The van der Waals surface area contributed by atoms with Gasteiger partial charge in [0.25, 0.3) is 0 Å².